The van der Waals surface area contributed by atoms with E-state index in [0.29, 0.717) is 16.9 Å². The Balaban J connectivity index is 1.82. The van der Waals surface area contributed by atoms with Crippen LogP contribution in [0.25, 0.3) is 0 Å². The van der Waals surface area contributed by atoms with Crippen LogP contribution in [0.2, 0.25) is 0 Å². The Kier molecular flexibility index (Phi) is 4.15. The van der Waals surface area contributed by atoms with E-state index in [0.717, 1.165) is 24.0 Å². The Bertz CT molecular complexity index is 859. The minimum Gasteiger partial charge on any atom is -0.489 e. The number of carbonyl (C=O) groups excluding carboxylic acids is 2. The lowest BCUT2D eigenvalue weighted by molar-refractivity contribution is 0.0951. The zero-order valence-electron chi connectivity index (χ0n) is 14.9. The number of carbonyl (C=O) groups is 2. The fourth-order valence-electron chi connectivity index (χ4n) is 3.56. The maximum absolute atomic E-state index is 12.6. The first-order chi connectivity index (χ1) is 12.6. The predicted octanol–water partition coefficient (Wildman–Crippen LogP) is 2.85. The van der Waals surface area contributed by atoms with Crippen molar-refractivity contribution in [2.24, 2.45) is 0 Å². The van der Waals surface area contributed by atoms with Crippen LogP contribution in [0.1, 0.15) is 57.5 Å². The molecule has 1 aliphatic heterocycles. The molecular formula is C21H22N2O3. The average Bonchev–Trinajstić information content (AvgIpc) is 3.40. The molecule has 2 aromatic carbocycles. The van der Waals surface area contributed by atoms with Gasteiger partial charge in [-0.25, -0.2) is 0 Å². The lowest BCUT2D eigenvalue weighted by Gasteiger charge is -2.15. The summed E-state index contributed by atoms with van der Waals surface area (Å²) in [5, 5.41) is 5.65. The highest BCUT2D eigenvalue weighted by Crippen LogP contribution is 2.44. The van der Waals surface area contributed by atoms with Crippen molar-refractivity contribution < 1.29 is 14.3 Å². The summed E-state index contributed by atoms with van der Waals surface area (Å²) >= 11 is 0. The van der Waals surface area contributed by atoms with E-state index < -0.39 is 0 Å². The van der Waals surface area contributed by atoms with Crippen LogP contribution in [0.15, 0.2) is 42.5 Å². The molecule has 5 heteroatoms. The fraction of sp³-hybridized carbons (Fsp3) is 0.333. The van der Waals surface area contributed by atoms with Crippen LogP contribution in [0, 0.1) is 0 Å². The summed E-state index contributed by atoms with van der Waals surface area (Å²) in [7, 11) is 1.58. The molecule has 134 valence electrons. The largest absolute Gasteiger partial charge is 0.489 e. The molecule has 0 spiro atoms. The van der Waals surface area contributed by atoms with Crippen molar-refractivity contribution in [3.05, 3.63) is 64.7 Å². The van der Waals surface area contributed by atoms with E-state index in [1.807, 2.05) is 31.2 Å². The van der Waals surface area contributed by atoms with Crippen LogP contribution in [-0.4, -0.2) is 31.0 Å². The van der Waals surface area contributed by atoms with E-state index in [-0.39, 0.29) is 29.9 Å². The quantitative estimate of drug-likeness (QED) is 0.891. The molecule has 0 radical (unpaired) electrons. The number of fused-ring (bicyclic) bond motifs is 1. The Morgan fingerprint density at radius 1 is 1.08 bits per heavy atom. The van der Waals surface area contributed by atoms with Gasteiger partial charge in [0.1, 0.15) is 11.9 Å². The van der Waals surface area contributed by atoms with Crippen LogP contribution >= 0.6 is 0 Å². The van der Waals surface area contributed by atoms with E-state index in [2.05, 4.69) is 22.8 Å². The lowest BCUT2D eigenvalue weighted by atomic mass is 9.87. The van der Waals surface area contributed by atoms with Gasteiger partial charge >= 0.3 is 0 Å². The molecule has 0 unspecified atom stereocenters. The topological polar surface area (TPSA) is 67.4 Å². The Morgan fingerprint density at radius 2 is 1.81 bits per heavy atom. The van der Waals surface area contributed by atoms with Crippen LogP contribution in [-0.2, 0) is 0 Å². The maximum atomic E-state index is 12.6. The maximum Gasteiger partial charge on any atom is 0.254 e. The van der Waals surface area contributed by atoms with Crippen LogP contribution in [0.5, 0.6) is 5.75 Å². The Morgan fingerprint density at radius 3 is 2.46 bits per heavy atom. The first-order valence-electron chi connectivity index (χ1n) is 9.01. The number of nitrogens with one attached hydrogen (secondary N) is 2. The normalized spacial score (nSPS) is 20.8. The van der Waals surface area contributed by atoms with Gasteiger partial charge in [-0.3, -0.25) is 9.59 Å². The van der Waals surface area contributed by atoms with Crippen LogP contribution in [0.3, 0.4) is 0 Å². The van der Waals surface area contributed by atoms with Gasteiger partial charge in [0, 0.05) is 30.1 Å². The lowest BCUT2D eigenvalue weighted by Crippen LogP contribution is -2.26. The molecule has 2 aromatic rings. The monoisotopic (exact) mass is 350 g/mol. The summed E-state index contributed by atoms with van der Waals surface area (Å²) in [5.41, 5.74) is 2.93. The van der Waals surface area contributed by atoms with Gasteiger partial charge in [0.2, 0.25) is 0 Å². The molecule has 1 aliphatic carbocycles. The van der Waals surface area contributed by atoms with Gasteiger partial charge < -0.3 is 15.4 Å². The molecule has 1 heterocycles. The van der Waals surface area contributed by atoms with Gasteiger partial charge in [-0.05, 0) is 37.5 Å². The number of hydrogen-bond donors (Lipinski definition) is 2. The zero-order chi connectivity index (χ0) is 18.3. The van der Waals surface area contributed by atoms with Crippen molar-refractivity contribution in [1.29, 1.82) is 0 Å². The second-order valence-corrected chi connectivity index (χ2v) is 6.98. The summed E-state index contributed by atoms with van der Waals surface area (Å²) in [6.45, 7) is 2.00. The summed E-state index contributed by atoms with van der Waals surface area (Å²) in [6.07, 6.45) is 1.93. The Hall–Kier alpha value is -2.82. The molecule has 26 heavy (non-hydrogen) atoms. The third kappa shape index (κ3) is 2.94. The van der Waals surface area contributed by atoms with Crippen LogP contribution < -0.4 is 15.4 Å². The predicted molar refractivity (Wildman–Crippen MR) is 98.7 cm³/mol. The zero-order valence-corrected chi connectivity index (χ0v) is 14.9. The van der Waals surface area contributed by atoms with E-state index in [1.165, 1.54) is 0 Å². The Labute approximate surface area is 152 Å². The third-order valence-electron chi connectivity index (χ3n) is 5.03. The van der Waals surface area contributed by atoms with E-state index in [1.54, 1.807) is 13.1 Å². The second-order valence-electron chi connectivity index (χ2n) is 6.98. The molecule has 1 fully saturated rings. The summed E-state index contributed by atoms with van der Waals surface area (Å²) < 4.78 is 6.06. The molecular weight excluding hydrogens is 328 g/mol. The summed E-state index contributed by atoms with van der Waals surface area (Å²) in [5.74, 6) is 0.187. The molecule has 2 atom stereocenters. The fourth-order valence-corrected chi connectivity index (χ4v) is 3.56. The van der Waals surface area contributed by atoms with Crippen molar-refractivity contribution in [2.75, 3.05) is 7.05 Å². The first-order valence-corrected chi connectivity index (χ1v) is 9.01. The van der Waals surface area contributed by atoms with E-state index in [9.17, 15) is 9.59 Å². The number of amides is 2. The van der Waals surface area contributed by atoms with Gasteiger partial charge in [-0.15, -0.1) is 0 Å². The van der Waals surface area contributed by atoms with Gasteiger partial charge in [-0.1, -0.05) is 30.3 Å². The molecule has 0 saturated heterocycles. The molecule has 2 amide bonds. The minimum absolute atomic E-state index is 0.0109. The molecule has 2 N–H and O–H groups in total. The van der Waals surface area contributed by atoms with Crippen molar-refractivity contribution in [2.45, 2.75) is 37.8 Å². The standard InChI is InChI=1S/C21H22N2O3/c1-12-18(13-6-4-3-5-7-13)16-10-14(20(24)23-15-8-9-15)11-17(19(16)26-12)21(25)22-2/h3-7,10-12,15,18H,8-9H2,1-2H3,(H,22,25)(H,23,24)/t12-,18-/m0/s1. The molecule has 0 bridgehead atoms. The number of rotatable bonds is 4. The highest BCUT2D eigenvalue weighted by Gasteiger charge is 2.36. The van der Waals surface area contributed by atoms with Crippen LogP contribution in [0.4, 0.5) is 0 Å². The van der Waals surface area contributed by atoms with Gasteiger partial charge in [0.15, 0.2) is 0 Å². The molecule has 0 aromatic heterocycles. The summed E-state index contributed by atoms with van der Waals surface area (Å²) in [6, 6.07) is 13.8. The molecule has 4 rings (SSSR count). The smallest absolute Gasteiger partial charge is 0.254 e. The SMILES string of the molecule is CNC(=O)c1cc(C(=O)NC2CC2)cc2c1O[C@@H](C)[C@H]2c1ccccc1. The van der Waals surface area contributed by atoms with Crippen molar-refractivity contribution in [1.82, 2.24) is 10.6 Å². The summed E-state index contributed by atoms with van der Waals surface area (Å²) in [4.78, 5) is 25.0. The van der Waals surface area contributed by atoms with Gasteiger partial charge in [0.05, 0.1) is 5.56 Å². The number of benzene rings is 2. The van der Waals surface area contributed by atoms with Crippen molar-refractivity contribution in [3.63, 3.8) is 0 Å². The molecule has 2 aliphatic rings. The second kappa shape index (κ2) is 6.48. The highest BCUT2D eigenvalue weighted by atomic mass is 16.5. The third-order valence-corrected chi connectivity index (χ3v) is 5.03. The van der Waals surface area contributed by atoms with E-state index in [4.69, 9.17) is 4.74 Å². The minimum atomic E-state index is -0.247. The van der Waals surface area contributed by atoms with Crippen molar-refractivity contribution in [3.8, 4) is 5.75 Å². The molecule has 1 saturated carbocycles. The van der Waals surface area contributed by atoms with Crippen molar-refractivity contribution >= 4 is 11.8 Å². The molecule has 5 nitrogen and oxygen atoms in total. The highest BCUT2D eigenvalue weighted by molar-refractivity contribution is 6.02. The van der Waals surface area contributed by atoms with E-state index >= 15 is 0 Å². The van der Waals surface area contributed by atoms with Gasteiger partial charge in [0.25, 0.3) is 11.8 Å². The first kappa shape index (κ1) is 16.6. The number of hydrogen-bond acceptors (Lipinski definition) is 3. The number of ether oxygens (including phenoxy) is 1. The average molecular weight is 350 g/mol. The van der Waals surface area contributed by atoms with Gasteiger partial charge in [-0.2, -0.15) is 0 Å².